The molecule has 0 aliphatic heterocycles. The molecule has 0 heteroatoms. The van der Waals surface area contributed by atoms with E-state index in [9.17, 15) is 0 Å². The zero-order valence-corrected chi connectivity index (χ0v) is 8.75. The maximum absolute atomic E-state index is 2.27. The molecular weight excluding hydrogens is 156 g/mol. The fourth-order valence-electron chi connectivity index (χ4n) is 1.36. The van der Waals surface area contributed by atoms with Crippen LogP contribution in [0, 0.1) is 0 Å². The van der Waals surface area contributed by atoms with Gasteiger partial charge in [-0.2, -0.15) is 0 Å². The Bertz CT molecular complexity index is 267. The quantitative estimate of drug-likeness (QED) is 0.643. The van der Waals surface area contributed by atoms with Gasteiger partial charge < -0.3 is 0 Å². The van der Waals surface area contributed by atoms with E-state index in [-0.39, 0.29) is 0 Å². The molecule has 1 atom stereocenters. The molecule has 13 heavy (non-hydrogen) atoms. The van der Waals surface area contributed by atoms with Crippen LogP contribution in [0.25, 0.3) is 6.08 Å². The molecule has 1 unspecified atom stereocenters. The monoisotopic (exact) mass is 174 g/mol. The van der Waals surface area contributed by atoms with Gasteiger partial charge in [0.25, 0.3) is 0 Å². The molecule has 0 heterocycles. The third kappa shape index (κ3) is 2.73. The lowest BCUT2D eigenvalue weighted by molar-refractivity contribution is 0.733. The molecule has 0 bridgehead atoms. The first-order valence-electron chi connectivity index (χ1n) is 5.00. The summed E-state index contributed by atoms with van der Waals surface area (Å²) in [5, 5.41) is 0. The number of hydrogen-bond acceptors (Lipinski definition) is 0. The number of hydrogen-bond donors (Lipinski definition) is 0. The Kier molecular flexibility index (Phi) is 3.75. The minimum atomic E-state index is 0.680. The van der Waals surface area contributed by atoms with Crippen LogP contribution in [0.3, 0.4) is 0 Å². The first kappa shape index (κ1) is 10.0. The fraction of sp³-hybridized carbons (Fsp3) is 0.385. The Morgan fingerprint density at radius 2 is 1.85 bits per heavy atom. The van der Waals surface area contributed by atoms with Crippen LogP contribution in [0.2, 0.25) is 0 Å². The zero-order chi connectivity index (χ0) is 9.68. The van der Waals surface area contributed by atoms with Gasteiger partial charge >= 0.3 is 0 Å². The van der Waals surface area contributed by atoms with E-state index in [1.807, 2.05) is 6.92 Å². The third-order valence-corrected chi connectivity index (χ3v) is 2.48. The lowest BCUT2D eigenvalue weighted by atomic mass is 9.98. The van der Waals surface area contributed by atoms with Crippen LogP contribution in [-0.2, 0) is 0 Å². The van der Waals surface area contributed by atoms with Gasteiger partial charge in [-0.15, -0.1) is 0 Å². The average molecular weight is 174 g/mol. The molecule has 70 valence electrons. The summed E-state index contributed by atoms with van der Waals surface area (Å²) in [4.78, 5) is 0. The Balaban J connectivity index is 2.80. The van der Waals surface area contributed by atoms with Crippen LogP contribution in [0.4, 0.5) is 0 Å². The highest BCUT2D eigenvalue weighted by Gasteiger charge is 2.00. The van der Waals surface area contributed by atoms with Crippen LogP contribution in [-0.4, -0.2) is 0 Å². The van der Waals surface area contributed by atoms with Crippen LogP contribution in [0.1, 0.15) is 44.2 Å². The third-order valence-electron chi connectivity index (χ3n) is 2.48. The van der Waals surface area contributed by atoms with Gasteiger partial charge in [0.1, 0.15) is 0 Å². The van der Waals surface area contributed by atoms with E-state index in [1.165, 1.54) is 17.5 Å². The molecule has 0 fully saturated rings. The summed E-state index contributed by atoms with van der Waals surface area (Å²) in [6.45, 7) is 6.54. The second-order valence-electron chi connectivity index (χ2n) is 3.48. The highest BCUT2D eigenvalue weighted by atomic mass is 14.1. The van der Waals surface area contributed by atoms with E-state index < -0.39 is 0 Å². The van der Waals surface area contributed by atoms with Gasteiger partial charge in [-0.25, -0.2) is 0 Å². The molecule has 0 nitrogen and oxygen atoms in total. The molecule has 1 aromatic rings. The number of rotatable bonds is 3. The molecule has 0 aliphatic carbocycles. The van der Waals surface area contributed by atoms with Crippen molar-refractivity contribution in [2.24, 2.45) is 0 Å². The first-order valence-corrected chi connectivity index (χ1v) is 5.00. The van der Waals surface area contributed by atoms with Crippen LogP contribution in [0.15, 0.2) is 30.3 Å². The van der Waals surface area contributed by atoms with Crippen molar-refractivity contribution in [3.05, 3.63) is 41.5 Å². The molecular formula is C13H18. The summed E-state index contributed by atoms with van der Waals surface area (Å²) in [6.07, 6.45) is 5.40. The van der Waals surface area contributed by atoms with Crippen molar-refractivity contribution >= 4 is 6.08 Å². The molecule has 1 aromatic carbocycles. The molecule has 1 rings (SSSR count). The van der Waals surface area contributed by atoms with Gasteiger partial charge in [-0.05, 0) is 30.4 Å². The van der Waals surface area contributed by atoms with E-state index in [2.05, 4.69) is 50.3 Å². The van der Waals surface area contributed by atoms with Crippen molar-refractivity contribution in [3.8, 4) is 0 Å². The second-order valence-corrected chi connectivity index (χ2v) is 3.48. The molecule has 0 saturated carbocycles. The molecule has 0 N–H and O–H groups in total. The number of allylic oxidation sites excluding steroid dienone is 1. The Labute approximate surface area is 81.3 Å². The van der Waals surface area contributed by atoms with Gasteiger partial charge in [-0.3, -0.25) is 0 Å². The molecule has 0 amide bonds. The van der Waals surface area contributed by atoms with Crippen LogP contribution in [0.5, 0.6) is 0 Å². The van der Waals surface area contributed by atoms with Crippen molar-refractivity contribution in [2.45, 2.75) is 33.1 Å². The fourth-order valence-corrected chi connectivity index (χ4v) is 1.36. The normalized spacial score (nSPS) is 13.5. The van der Waals surface area contributed by atoms with Crippen molar-refractivity contribution < 1.29 is 0 Å². The minimum absolute atomic E-state index is 0.680. The van der Waals surface area contributed by atoms with E-state index in [0.29, 0.717) is 5.92 Å². The maximum Gasteiger partial charge on any atom is -0.0193 e. The van der Waals surface area contributed by atoms with Crippen molar-refractivity contribution in [2.75, 3.05) is 0 Å². The first-order chi connectivity index (χ1) is 6.27. The summed E-state index contributed by atoms with van der Waals surface area (Å²) in [7, 11) is 0. The SMILES string of the molecule is C/C=C/c1ccc(C(C)CC)cc1. The number of benzene rings is 1. The summed E-state index contributed by atoms with van der Waals surface area (Å²) in [5.41, 5.74) is 2.73. The van der Waals surface area contributed by atoms with Crippen LogP contribution < -0.4 is 0 Å². The summed E-state index contributed by atoms with van der Waals surface area (Å²) >= 11 is 0. The average Bonchev–Trinajstić information content (AvgIpc) is 2.18. The smallest absolute Gasteiger partial charge is 0.0193 e. The minimum Gasteiger partial charge on any atom is -0.0871 e. The molecule has 0 aromatic heterocycles. The Morgan fingerprint density at radius 3 is 2.31 bits per heavy atom. The van der Waals surface area contributed by atoms with Gasteiger partial charge in [0.05, 0.1) is 0 Å². The van der Waals surface area contributed by atoms with Gasteiger partial charge in [0.2, 0.25) is 0 Å². The highest BCUT2D eigenvalue weighted by molar-refractivity contribution is 5.49. The van der Waals surface area contributed by atoms with Crippen LogP contribution >= 0.6 is 0 Å². The van der Waals surface area contributed by atoms with E-state index in [4.69, 9.17) is 0 Å². The lowest BCUT2D eigenvalue weighted by Crippen LogP contribution is -1.90. The van der Waals surface area contributed by atoms with Crippen molar-refractivity contribution in [3.63, 3.8) is 0 Å². The van der Waals surface area contributed by atoms with Crippen molar-refractivity contribution in [1.82, 2.24) is 0 Å². The zero-order valence-electron chi connectivity index (χ0n) is 8.75. The van der Waals surface area contributed by atoms with Crippen molar-refractivity contribution in [1.29, 1.82) is 0 Å². The lowest BCUT2D eigenvalue weighted by Gasteiger charge is -2.08. The Hall–Kier alpha value is -1.04. The summed E-state index contributed by atoms with van der Waals surface area (Å²) < 4.78 is 0. The Morgan fingerprint density at radius 1 is 1.23 bits per heavy atom. The van der Waals surface area contributed by atoms with E-state index in [1.54, 1.807) is 0 Å². The molecule has 0 saturated heterocycles. The summed E-state index contributed by atoms with van der Waals surface area (Å²) in [5.74, 6) is 0.680. The van der Waals surface area contributed by atoms with E-state index in [0.717, 1.165) is 0 Å². The molecule has 0 aliphatic rings. The highest BCUT2D eigenvalue weighted by Crippen LogP contribution is 2.18. The standard InChI is InChI=1S/C13H18/c1-4-6-12-7-9-13(10-8-12)11(3)5-2/h4,6-11H,5H2,1-3H3/b6-4+. The maximum atomic E-state index is 2.27. The molecule has 0 spiro atoms. The topological polar surface area (TPSA) is 0 Å². The van der Waals surface area contributed by atoms with E-state index >= 15 is 0 Å². The van der Waals surface area contributed by atoms with Gasteiger partial charge in [0, 0.05) is 0 Å². The predicted molar refractivity (Wildman–Crippen MR) is 59.9 cm³/mol. The largest absolute Gasteiger partial charge is 0.0871 e. The molecule has 0 radical (unpaired) electrons. The second kappa shape index (κ2) is 4.86. The predicted octanol–water partition coefficient (Wildman–Crippen LogP) is 4.23. The van der Waals surface area contributed by atoms with Gasteiger partial charge in [0.15, 0.2) is 0 Å². The summed E-state index contributed by atoms with van der Waals surface area (Å²) in [6, 6.07) is 8.82. The van der Waals surface area contributed by atoms with Gasteiger partial charge in [-0.1, -0.05) is 50.3 Å².